The number of hydrogen-bond donors (Lipinski definition) is 3. The zero-order valence-electron chi connectivity index (χ0n) is 12.4. The Morgan fingerprint density at radius 1 is 0.950 bits per heavy atom. The molecule has 0 amide bonds. The number of allylic oxidation sites excluding steroid dienone is 2. The first kappa shape index (κ1) is 16.3. The van der Waals surface area contributed by atoms with Crippen LogP contribution in [0, 0.1) is 0 Å². The van der Waals surface area contributed by atoms with Gasteiger partial charge in [0.2, 0.25) is 0 Å². The number of aromatic hydroxyl groups is 1. The van der Waals surface area contributed by atoms with Crippen LogP contribution in [0.15, 0.2) is 11.6 Å². The third-order valence-electron chi connectivity index (χ3n) is 3.13. The van der Waals surface area contributed by atoms with Crippen molar-refractivity contribution in [3.8, 4) is 17.2 Å². The van der Waals surface area contributed by atoms with Gasteiger partial charge in [0.25, 0.3) is 0 Å². The topological polar surface area (TPSA) is 79.2 Å². The molecule has 5 nitrogen and oxygen atoms in total. The molecule has 0 aliphatic heterocycles. The van der Waals surface area contributed by atoms with Crippen molar-refractivity contribution in [1.29, 1.82) is 0 Å². The molecule has 0 fully saturated rings. The summed E-state index contributed by atoms with van der Waals surface area (Å²) < 4.78 is 10.6. The van der Waals surface area contributed by atoms with E-state index in [9.17, 15) is 15.3 Å². The van der Waals surface area contributed by atoms with Crippen LogP contribution in [0.5, 0.6) is 17.2 Å². The zero-order chi connectivity index (χ0) is 15.3. The lowest BCUT2D eigenvalue weighted by Crippen LogP contribution is -2.05. The summed E-state index contributed by atoms with van der Waals surface area (Å²) in [4.78, 5) is 0. The quantitative estimate of drug-likeness (QED) is 0.695. The number of aliphatic hydroxyl groups is 2. The van der Waals surface area contributed by atoms with Gasteiger partial charge in [0, 0.05) is 16.7 Å². The van der Waals surface area contributed by atoms with Crippen LogP contribution in [0.3, 0.4) is 0 Å². The number of aliphatic hydroxyl groups excluding tert-OH is 2. The van der Waals surface area contributed by atoms with Crippen molar-refractivity contribution in [1.82, 2.24) is 0 Å². The Kier molecular flexibility index (Phi) is 5.85. The fourth-order valence-electron chi connectivity index (χ4n) is 2.11. The summed E-state index contributed by atoms with van der Waals surface area (Å²) in [6.45, 7) is 3.17. The summed E-state index contributed by atoms with van der Waals surface area (Å²) >= 11 is 0. The van der Waals surface area contributed by atoms with Gasteiger partial charge in [-0.15, -0.1) is 0 Å². The molecular formula is C15H22O5. The molecule has 3 N–H and O–H groups in total. The van der Waals surface area contributed by atoms with Crippen LogP contribution in [-0.2, 0) is 19.6 Å². The molecule has 0 radical (unpaired) electrons. The summed E-state index contributed by atoms with van der Waals surface area (Å²) in [6.07, 6.45) is 2.39. The number of benzene rings is 1. The standard InChI is InChI=1S/C15H22O5/c1-9(2)5-6-10-13(18)11(7-16)12(8-17)15(20-4)14(10)19-3/h5,16-18H,6-8H2,1-4H3. The highest BCUT2D eigenvalue weighted by atomic mass is 16.5. The molecule has 0 aliphatic rings. The minimum atomic E-state index is -0.385. The van der Waals surface area contributed by atoms with E-state index in [1.54, 1.807) is 0 Å². The fourth-order valence-corrected chi connectivity index (χ4v) is 2.11. The summed E-state index contributed by atoms with van der Waals surface area (Å²) in [6, 6.07) is 0. The van der Waals surface area contributed by atoms with E-state index in [1.165, 1.54) is 14.2 Å². The van der Waals surface area contributed by atoms with E-state index in [0.29, 0.717) is 29.0 Å². The highest BCUT2D eigenvalue weighted by Crippen LogP contribution is 2.44. The second-order valence-corrected chi connectivity index (χ2v) is 4.65. The Balaban J connectivity index is 3.60. The summed E-state index contributed by atoms with van der Waals surface area (Å²) in [5.41, 5.74) is 2.24. The molecule has 0 saturated heterocycles. The van der Waals surface area contributed by atoms with Gasteiger partial charge in [0.05, 0.1) is 27.4 Å². The lowest BCUT2D eigenvalue weighted by atomic mass is 9.97. The number of hydrogen-bond acceptors (Lipinski definition) is 5. The Labute approximate surface area is 119 Å². The van der Waals surface area contributed by atoms with Gasteiger partial charge < -0.3 is 24.8 Å². The zero-order valence-corrected chi connectivity index (χ0v) is 12.4. The number of rotatable bonds is 6. The van der Waals surface area contributed by atoms with Crippen molar-refractivity contribution < 1.29 is 24.8 Å². The molecule has 0 spiro atoms. The lowest BCUT2D eigenvalue weighted by Gasteiger charge is -2.20. The maximum absolute atomic E-state index is 10.3. The van der Waals surface area contributed by atoms with Gasteiger partial charge in [-0.1, -0.05) is 11.6 Å². The molecule has 5 heteroatoms. The predicted molar refractivity (Wildman–Crippen MR) is 76.2 cm³/mol. The molecule has 0 heterocycles. The van der Waals surface area contributed by atoms with E-state index in [0.717, 1.165) is 5.57 Å². The maximum atomic E-state index is 10.3. The molecule has 0 saturated carbocycles. The van der Waals surface area contributed by atoms with Gasteiger partial charge in [-0.25, -0.2) is 0 Å². The van der Waals surface area contributed by atoms with E-state index in [2.05, 4.69) is 0 Å². The van der Waals surface area contributed by atoms with Crippen LogP contribution < -0.4 is 9.47 Å². The van der Waals surface area contributed by atoms with Gasteiger partial charge in [-0.2, -0.15) is 0 Å². The molecule has 1 aromatic rings. The van der Waals surface area contributed by atoms with Crippen LogP contribution in [0.25, 0.3) is 0 Å². The maximum Gasteiger partial charge on any atom is 0.168 e. The van der Waals surface area contributed by atoms with Gasteiger partial charge in [-0.3, -0.25) is 0 Å². The van der Waals surface area contributed by atoms with Crippen molar-refractivity contribution in [2.24, 2.45) is 0 Å². The van der Waals surface area contributed by atoms with E-state index < -0.39 is 0 Å². The summed E-state index contributed by atoms with van der Waals surface area (Å²) in [5, 5.41) is 29.2. The van der Waals surface area contributed by atoms with Crippen LogP contribution >= 0.6 is 0 Å². The molecule has 1 rings (SSSR count). The minimum absolute atomic E-state index is 0.0632. The minimum Gasteiger partial charge on any atom is -0.507 e. The summed E-state index contributed by atoms with van der Waals surface area (Å²) in [7, 11) is 2.93. The lowest BCUT2D eigenvalue weighted by molar-refractivity contribution is 0.245. The van der Waals surface area contributed by atoms with E-state index >= 15 is 0 Å². The molecule has 1 aromatic carbocycles. The number of ether oxygens (including phenoxy) is 2. The van der Waals surface area contributed by atoms with Gasteiger partial charge >= 0.3 is 0 Å². The van der Waals surface area contributed by atoms with E-state index in [4.69, 9.17) is 9.47 Å². The highest BCUT2D eigenvalue weighted by Gasteiger charge is 2.23. The normalized spacial score (nSPS) is 10.3. The molecular weight excluding hydrogens is 260 g/mol. The van der Waals surface area contributed by atoms with Crippen molar-refractivity contribution in [3.05, 3.63) is 28.3 Å². The van der Waals surface area contributed by atoms with Gasteiger partial charge in [-0.05, 0) is 20.3 Å². The first-order valence-electron chi connectivity index (χ1n) is 6.34. The Morgan fingerprint density at radius 3 is 1.85 bits per heavy atom. The molecule has 112 valence electrons. The monoisotopic (exact) mass is 282 g/mol. The molecule has 0 bridgehead atoms. The fraction of sp³-hybridized carbons (Fsp3) is 0.467. The predicted octanol–water partition coefficient (Wildman–Crippen LogP) is 1.90. The second kappa shape index (κ2) is 7.17. The highest BCUT2D eigenvalue weighted by molar-refractivity contribution is 5.63. The Hall–Kier alpha value is -1.72. The first-order valence-corrected chi connectivity index (χ1v) is 6.34. The first-order chi connectivity index (χ1) is 9.51. The smallest absolute Gasteiger partial charge is 0.168 e. The van der Waals surface area contributed by atoms with Crippen molar-refractivity contribution in [2.75, 3.05) is 14.2 Å². The average Bonchev–Trinajstić information content (AvgIpc) is 2.43. The van der Waals surface area contributed by atoms with Crippen LogP contribution in [0.2, 0.25) is 0 Å². The van der Waals surface area contributed by atoms with Crippen LogP contribution in [-0.4, -0.2) is 29.5 Å². The number of methoxy groups -OCH3 is 2. The van der Waals surface area contributed by atoms with Crippen molar-refractivity contribution in [3.63, 3.8) is 0 Å². The van der Waals surface area contributed by atoms with Crippen molar-refractivity contribution >= 4 is 0 Å². The average molecular weight is 282 g/mol. The Morgan fingerprint density at radius 2 is 1.45 bits per heavy atom. The van der Waals surface area contributed by atoms with E-state index in [-0.39, 0.29) is 24.5 Å². The van der Waals surface area contributed by atoms with E-state index in [1.807, 2.05) is 19.9 Å². The third kappa shape index (κ3) is 3.05. The summed E-state index contributed by atoms with van der Waals surface area (Å²) in [5.74, 6) is 0.657. The third-order valence-corrected chi connectivity index (χ3v) is 3.13. The van der Waals surface area contributed by atoms with Gasteiger partial charge in [0.1, 0.15) is 5.75 Å². The van der Waals surface area contributed by atoms with Gasteiger partial charge in [0.15, 0.2) is 11.5 Å². The molecule has 0 atom stereocenters. The largest absolute Gasteiger partial charge is 0.507 e. The van der Waals surface area contributed by atoms with Crippen LogP contribution in [0.1, 0.15) is 30.5 Å². The van der Waals surface area contributed by atoms with Crippen LogP contribution in [0.4, 0.5) is 0 Å². The molecule has 0 aliphatic carbocycles. The Bertz CT molecular complexity index is 502. The van der Waals surface area contributed by atoms with Crippen molar-refractivity contribution in [2.45, 2.75) is 33.5 Å². The molecule has 20 heavy (non-hydrogen) atoms. The molecule has 0 unspecified atom stereocenters. The SMILES string of the molecule is COc1c(CC=C(C)C)c(O)c(CO)c(CO)c1OC. The second-order valence-electron chi connectivity index (χ2n) is 4.65. The number of phenols is 1. The molecule has 0 aromatic heterocycles.